The molecule has 2 aliphatic rings. The molecule has 2 fully saturated rings. The predicted octanol–water partition coefficient (Wildman–Crippen LogP) is 2.72. The lowest BCUT2D eigenvalue weighted by atomic mass is 9.84. The molecule has 0 amide bonds. The van der Waals surface area contributed by atoms with Gasteiger partial charge >= 0.3 is 0 Å². The van der Waals surface area contributed by atoms with Crippen LogP contribution in [0.3, 0.4) is 0 Å². The molecule has 0 saturated heterocycles. The Morgan fingerprint density at radius 3 is 2.60 bits per heavy atom. The Labute approximate surface area is 93.8 Å². The molecule has 15 heavy (non-hydrogen) atoms. The number of nitrogens with one attached hydrogen (secondary N) is 1. The minimum Gasteiger partial charge on any atom is -0.373 e. The van der Waals surface area contributed by atoms with Crippen molar-refractivity contribution in [2.45, 2.75) is 70.6 Å². The summed E-state index contributed by atoms with van der Waals surface area (Å²) < 4.78 is 6.20. The summed E-state index contributed by atoms with van der Waals surface area (Å²) in [6, 6.07) is 0.617. The van der Waals surface area contributed by atoms with E-state index in [-0.39, 0.29) is 0 Å². The lowest BCUT2D eigenvalue weighted by molar-refractivity contribution is -0.0848. The molecule has 2 saturated carbocycles. The summed E-state index contributed by atoms with van der Waals surface area (Å²) in [6.45, 7) is 5.63. The first-order valence-electron chi connectivity index (χ1n) is 6.68. The van der Waals surface area contributed by atoms with Crippen molar-refractivity contribution in [2.75, 3.05) is 6.54 Å². The van der Waals surface area contributed by atoms with E-state index >= 15 is 0 Å². The summed E-state index contributed by atoms with van der Waals surface area (Å²) in [5, 5.41) is 3.58. The van der Waals surface area contributed by atoms with Crippen molar-refractivity contribution in [2.24, 2.45) is 5.92 Å². The highest BCUT2D eigenvalue weighted by Crippen LogP contribution is 2.31. The summed E-state index contributed by atoms with van der Waals surface area (Å²) in [7, 11) is 0. The molecule has 2 aliphatic carbocycles. The van der Waals surface area contributed by atoms with Crippen LogP contribution in [0.1, 0.15) is 52.4 Å². The summed E-state index contributed by atoms with van der Waals surface area (Å²) in [5.74, 6) is 0.852. The molecule has 0 radical (unpaired) electrons. The van der Waals surface area contributed by atoms with E-state index in [1.165, 1.54) is 38.5 Å². The largest absolute Gasteiger partial charge is 0.373 e. The van der Waals surface area contributed by atoms with Crippen LogP contribution in [0.4, 0.5) is 0 Å². The third-order valence-corrected chi connectivity index (χ3v) is 3.94. The minimum atomic E-state index is 0.485. The first kappa shape index (κ1) is 11.4. The van der Waals surface area contributed by atoms with Gasteiger partial charge in [-0.15, -0.1) is 0 Å². The van der Waals surface area contributed by atoms with Crippen molar-refractivity contribution in [1.29, 1.82) is 0 Å². The Bertz CT molecular complexity index is 191. The van der Waals surface area contributed by atoms with Crippen LogP contribution in [0.5, 0.6) is 0 Å². The van der Waals surface area contributed by atoms with Crippen LogP contribution in [0.25, 0.3) is 0 Å². The van der Waals surface area contributed by atoms with Gasteiger partial charge in [0.2, 0.25) is 0 Å². The van der Waals surface area contributed by atoms with Gasteiger partial charge in [-0.2, -0.15) is 0 Å². The zero-order valence-corrected chi connectivity index (χ0v) is 10.2. The van der Waals surface area contributed by atoms with Crippen molar-refractivity contribution in [3.8, 4) is 0 Å². The van der Waals surface area contributed by atoms with Crippen LogP contribution < -0.4 is 5.32 Å². The maximum absolute atomic E-state index is 6.20. The van der Waals surface area contributed by atoms with Gasteiger partial charge in [0.1, 0.15) is 0 Å². The molecule has 2 nitrogen and oxygen atoms in total. The molecule has 2 rings (SSSR count). The smallest absolute Gasteiger partial charge is 0.0734 e. The molecule has 0 aromatic heterocycles. The molecule has 3 unspecified atom stereocenters. The molecule has 0 heterocycles. The topological polar surface area (TPSA) is 21.3 Å². The maximum Gasteiger partial charge on any atom is 0.0734 e. The van der Waals surface area contributed by atoms with Crippen LogP contribution in [0.2, 0.25) is 0 Å². The zero-order chi connectivity index (χ0) is 10.7. The van der Waals surface area contributed by atoms with E-state index in [0.29, 0.717) is 18.2 Å². The number of hydrogen-bond donors (Lipinski definition) is 1. The van der Waals surface area contributed by atoms with Crippen LogP contribution in [0.15, 0.2) is 0 Å². The summed E-state index contributed by atoms with van der Waals surface area (Å²) in [4.78, 5) is 0. The van der Waals surface area contributed by atoms with Crippen molar-refractivity contribution < 1.29 is 4.74 Å². The second-order valence-corrected chi connectivity index (χ2v) is 5.31. The molecule has 1 N–H and O–H groups in total. The van der Waals surface area contributed by atoms with Gasteiger partial charge in [0.05, 0.1) is 12.2 Å². The summed E-state index contributed by atoms with van der Waals surface area (Å²) in [5.41, 5.74) is 0. The molecular weight excluding hydrogens is 186 g/mol. The predicted molar refractivity (Wildman–Crippen MR) is 63.0 cm³/mol. The Hall–Kier alpha value is -0.0800. The van der Waals surface area contributed by atoms with Crippen molar-refractivity contribution in [3.05, 3.63) is 0 Å². The highest BCUT2D eigenvalue weighted by molar-refractivity contribution is 4.86. The molecule has 0 spiro atoms. The molecule has 0 aromatic rings. The van der Waals surface area contributed by atoms with E-state index in [2.05, 4.69) is 19.2 Å². The number of rotatable bonds is 4. The normalized spacial score (nSPS) is 37.6. The van der Waals surface area contributed by atoms with Gasteiger partial charge < -0.3 is 10.1 Å². The molecule has 0 aromatic carbocycles. The average Bonchev–Trinajstić information content (AvgIpc) is 2.16. The molecule has 3 atom stereocenters. The van der Waals surface area contributed by atoms with E-state index < -0.39 is 0 Å². The van der Waals surface area contributed by atoms with Crippen molar-refractivity contribution in [1.82, 2.24) is 5.32 Å². The lowest BCUT2D eigenvalue weighted by Crippen LogP contribution is -2.47. The van der Waals surface area contributed by atoms with Gasteiger partial charge in [0, 0.05) is 6.04 Å². The number of likely N-dealkylation sites (N-methyl/N-ethyl adjacent to an activating group) is 1. The van der Waals surface area contributed by atoms with Gasteiger partial charge in [0.25, 0.3) is 0 Å². The first-order valence-corrected chi connectivity index (χ1v) is 6.68. The molecule has 88 valence electrons. The molecular formula is C13H25NO. The second kappa shape index (κ2) is 5.31. The monoisotopic (exact) mass is 211 g/mol. The van der Waals surface area contributed by atoms with Crippen LogP contribution in [0, 0.1) is 5.92 Å². The standard InChI is InChI=1S/C13H25NO/c1-3-14-12-8-7-10(2)9-13(12)15-11-5-4-6-11/h10-14H,3-9H2,1-2H3. The van der Waals surface area contributed by atoms with Gasteiger partial charge in [-0.25, -0.2) is 0 Å². The van der Waals surface area contributed by atoms with Gasteiger partial charge in [-0.1, -0.05) is 13.8 Å². The summed E-state index contributed by atoms with van der Waals surface area (Å²) in [6.07, 6.45) is 8.95. The second-order valence-electron chi connectivity index (χ2n) is 5.31. The Kier molecular flexibility index (Phi) is 4.04. The zero-order valence-electron chi connectivity index (χ0n) is 10.2. The third kappa shape index (κ3) is 2.94. The quantitative estimate of drug-likeness (QED) is 0.772. The fraction of sp³-hybridized carbons (Fsp3) is 1.00. The fourth-order valence-corrected chi connectivity index (χ4v) is 2.73. The van der Waals surface area contributed by atoms with E-state index in [4.69, 9.17) is 4.74 Å². The van der Waals surface area contributed by atoms with Gasteiger partial charge in [-0.05, 0) is 51.0 Å². The first-order chi connectivity index (χ1) is 7.29. The van der Waals surface area contributed by atoms with Crippen LogP contribution >= 0.6 is 0 Å². The molecule has 0 bridgehead atoms. The molecule has 0 aliphatic heterocycles. The Morgan fingerprint density at radius 1 is 1.20 bits per heavy atom. The average molecular weight is 211 g/mol. The van der Waals surface area contributed by atoms with Crippen molar-refractivity contribution >= 4 is 0 Å². The molecule has 2 heteroatoms. The maximum atomic E-state index is 6.20. The number of ether oxygens (including phenoxy) is 1. The Balaban J connectivity index is 1.83. The fourth-order valence-electron chi connectivity index (χ4n) is 2.73. The minimum absolute atomic E-state index is 0.485. The highest BCUT2D eigenvalue weighted by atomic mass is 16.5. The lowest BCUT2D eigenvalue weighted by Gasteiger charge is -2.39. The van der Waals surface area contributed by atoms with Gasteiger partial charge in [-0.3, -0.25) is 0 Å². The van der Waals surface area contributed by atoms with E-state index in [1.807, 2.05) is 0 Å². The SMILES string of the molecule is CCNC1CCC(C)CC1OC1CCC1. The highest BCUT2D eigenvalue weighted by Gasteiger charge is 2.32. The van der Waals surface area contributed by atoms with E-state index in [9.17, 15) is 0 Å². The van der Waals surface area contributed by atoms with E-state index in [0.717, 1.165) is 12.5 Å². The Morgan fingerprint density at radius 2 is 2.00 bits per heavy atom. The number of hydrogen-bond acceptors (Lipinski definition) is 2. The van der Waals surface area contributed by atoms with Gasteiger partial charge in [0.15, 0.2) is 0 Å². The van der Waals surface area contributed by atoms with Crippen molar-refractivity contribution in [3.63, 3.8) is 0 Å². The van der Waals surface area contributed by atoms with E-state index in [1.54, 1.807) is 0 Å². The summed E-state index contributed by atoms with van der Waals surface area (Å²) >= 11 is 0. The van der Waals surface area contributed by atoms with Crippen LogP contribution in [-0.4, -0.2) is 24.8 Å². The third-order valence-electron chi connectivity index (χ3n) is 3.94. The van der Waals surface area contributed by atoms with Crippen LogP contribution in [-0.2, 0) is 4.74 Å².